The van der Waals surface area contributed by atoms with Crippen molar-refractivity contribution in [2.45, 2.75) is 43.0 Å². The van der Waals surface area contributed by atoms with E-state index in [1.807, 2.05) is 11.0 Å². The molecule has 5 nitrogen and oxygen atoms in total. The smallest absolute Gasteiger partial charge is 0.194 e. The number of ketones is 1. The Kier molecular flexibility index (Phi) is 4.87. The molecule has 3 rings (SSSR count). The molecule has 0 amide bonds. The Morgan fingerprint density at radius 2 is 2.00 bits per heavy atom. The predicted molar refractivity (Wildman–Crippen MR) is 90.2 cm³/mol. The van der Waals surface area contributed by atoms with Gasteiger partial charge in [-0.05, 0) is 31.5 Å². The van der Waals surface area contributed by atoms with E-state index >= 15 is 0 Å². The second kappa shape index (κ2) is 6.91. The third-order valence-corrected chi connectivity index (χ3v) is 6.60. The van der Waals surface area contributed by atoms with E-state index in [1.54, 1.807) is 36.6 Å². The van der Waals surface area contributed by atoms with Crippen molar-refractivity contribution in [2.24, 2.45) is 0 Å². The first-order chi connectivity index (χ1) is 11.5. The van der Waals surface area contributed by atoms with Crippen molar-refractivity contribution < 1.29 is 17.6 Å². The molecular weight excluding hydrogens is 326 g/mol. The Balaban J connectivity index is 1.91. The predicted octanol–water partition coefficient (Wildman–Crippen LogP) is 2.81. The van der Waals surface area contributed by atoms with Gasteiger partial charge in [0.15, 0.2) is 9.84 Å². The number of hydrogen-bond donors (Lipinski definition) is 0. The van der Waals surface area contributed by atoms with Crippen LogP contribution in [0, 0.1) is 0 Å². The summed E-state index contributed by atoms with van der Waals surface area (Å²) < 4.78 is 31.7. The molecule has 0 radical (unpaired) electrons. The van der Waals surface area contributed by atoms with E-state index < -0.39 is 15.2 Å². The quantitative estimate of drug-likeness (QED) is 0.804. The van der Waals surface area contributed by atoms with Crippen LogP contribution in [0.2, 0.25) is 0 Å². The zero-order valence-electron chi connectivity index (χ0n) is 13.6. The lowest BCUT2D eigenvalue weighted by Crippen LogP contribution is -2.44. The van der Waals surface area contributed by atoms with E-state index in [1.165, 1.54) is 6.92 Å². The number of furan rings is 1. The van der Waals surface area contributed by atoms with Crippen molar-refractivity contribution in [3.8, 4) is 0 Å². The Morgan fingerprint density at radius 3 is 2.71 bits per heavy atom. The zero-order chi connectivity index (χ0) is 17.2. The number of sulfone groups is 1. The second-order valence-electron chi connectivity index (χ2n) is 6.14. The molecule has 1 atom stereocenters. The van der Waals surface area contributed by atoms with Gasteiger partial charge in [0.05, 0.1) is 11.2 Å². The summed E-state index contributed by atoms with van der Waals surface area (Å²) in [6.45, 7) is 2.63. The first kappa shape index (κ1) is 16.9. The van der Waals surface area contributed by atoms with Gasteiger partial charge in [0, 0.05) is 31.5 Å². The van der Waals surface area contributed by atoms with Gasteiger partial charge in [-0.3, -0.25) is 4.90 Å². The molecule has 24 heavy (non-hydrogen) atoms. The van der Waals surface area contributed by atoms with Gasteiger partial charge in [0.2, 0.25) is 0 Å². The Labute approximate surface area is 142 Å². The third-order valence-electron chi connectivity index (χ3n) is 4.42. The summed E-state index contributed by atoms with van der Waals surface area (Å²) in [6.07, 6.45) is 2.89. The number of rotatable bonds is 6. The maximum absolute atomic E-state index is 13.1. The molecule has 0 saturated heterocycles. The largest absolute Gasteiger partial charge is 0.469 e. The molecule has 0 fully saturated rings. The van der Waals surface area contributed by atoms with Gasteiger partial charge in [-0.1, -0.05) is 18.2 Å². The number of nitrogens with zero attached hydrogens (tertiary/aromatic N) is 1. The first-order valence-corrected chi connectivity index (χ1v) is 9.61. The van der Waals surface area contributed by atoms with E-state index in [0.29, 0.717) is 30.8 Å². The molecule has 2 aromatic rings. The maximum Gasteiger partial charge on any atom is 0.194 e. The van der Waals surface area contributed by atoms with Crippen LogP contribution in [0.15, 0.2) is 52.0 Å². The van der Waals surface area contributed by atoms with Crippen LogP contribution in [-0.2, 0) is 27.6 Å². The van der Waals surface area contributed by atoms with Gasteiger partial charge in [-0.25, -0.2) is 8.42 Å². The molecule has 0 aliphatic carbocycles. The molecule has 6 heteroatoms. The molecule has 1 aliphatic heterocycles. The highest BCUT2D eigenvalue weighted by atomic mass is 32.2. The summed E-state index contributed by atoms with van der Waals surface area (Å²) in [4.78, 5) is 13.7. The van der Waals surface area contributed by atoms with E-state index in [0.717, 1.165) is 11.3 Å². The van der Waals surface area contributed by atoms with Gasteiger partial charge >= 0.3 is 0 Å². The number of carbonyl (C=O) groups is 1. The van der Waals surface area contributed by atoms with E-state index in [9.17, 15) is 13.2 Å². The number of carbonyl (C=O) groups excluding carboxylic acids is 1. The minimum absolute atomic E-state index is 0.00395. The number of fused-ring (bicyclic) bond motifs is 1. The Hall–Kier alpha value is -1.92. The Bertz CT molecular complexity index is 811. The topological polar surface area (TPSA) is 67.6 Å². The molecule has 0 spiro atoms. The number of benzene rings is 1. The standard InChI is InChI=1S/C18H21NO4S/c1-14(20)7-8-18(24(21,22)16-5-3-2-4-6-16)19-11-9-17-15(13-19)10-12-23-17/h2-6,10,12,18H,7-9,11,13H2,1H3. The molecular formula is C18H21NO4S. The number of Topliss-reactive ketones (excluding diaryl/α,β-unsaturated/α-hetero) is 1. The van der Waals surface area contributed by atoms with Crippen molar-refractivity contribution in [3.63, 3.8) is 0 Å². The number of hydrogen-bond acceptors (Lipinski definition) is 5. The molecule has 2 heterocycles. The maximum atomic E-state index is 13.1. The first-order valence-electron chi connectivity index (χ1n) is 8.06. The van der Waals surface area contributed by atoms with Gasteiger partial charge in [-0.15, -0.1) is 0 Å². The zero-order valence-corrected chi connectivity index (χ0v) is 14.5. The normalized spacial score (nSPS) is 16.5. The van der Waals surface area contributed by atoms with E-state index in [2.05, 4.69) is 0 Å². The molecule has 128 valence electrons. The van der Waals surface area contributed by atoms with Crippen LogP contribution in [0.4, 0.5) is 0 Å². The molecule has 1 aromatic heterocycles. The van der Waals surface area contributed by atoms with E-state index in [4.69, 9.17) is 4.42 Å². The average molecular weight is 347 g/mol. The summed E-state index contributed by atoms with van der Waals surface area (Å²) in [7, 11) is -3.54. The monoisotopic (exact) mass is 347 g/mol. The summed E-state index contributed by atoms with van der Waals surface area (Å²) in [5.41, 5.74) is 1.03. The van der Waals surface area contributed by atoms with Gasteiger partial charge in [0.25, 0.3) is 0 Å². The minimum atomic E-state index is -3.54. The van der Waals surface area contributed by atoms with Crippen LogP contribution in [0.5, 0.6) is 0 Å². The van der Waals surface area contributed by atoms with Crippen molar-refractivity contribution >= 4 is 15.6 Å². The van der Waals surface area contributed by atoms with Crippen LogP contribution < -0.4 is 0 Å². The Morgan fingerprint density at radius 1 is 1.25 bits per heavy atom. The molecule has 0 bridgehead atoms. The van der Waals surface area contributed by atoms with E-state index in [-0.39, 0.29) is 12.2 Å². The fourth-order valence-corrected chi connectivity index (χ4v) is 5.00. The fraction of sp³-hybridized carbons (Fsp3) is 0.389. The van der Waals surface area contributed by atoms with Crippen LogP contribution >= 0.6 is 0 Å². The van der Waals surface area contributed by atoms with Crippen molar-refractivity contribution in [1.82, 2.24) is 4.90 Å². The second-order valence-corrected chi connectivity index (χ2v) is 8.25. The summed E-state index contributed by atoms with van der Waals surface area (Å²) in [5.74, 6) is 0.929. The summed E-state index contributed by atoms with van der Waals surface area (Å²) in [6, 6.07) is 10.4. The minimum Gasteiger partial charge on any atom is -0.469 e. The molecule has 1 unspecified atom stereocenters. The average Bonchev–Trinajstić information content (AvgIpc) is 3.03. The van der Waals surface area contributed by atoms with Crippen molar-refractivity contribution in [3.05, 3.63) is 54.0 Å². The summed E-state index contributed by atoms with van der Waals surface area (Å²) >= 11 is 0. The van der Waals surface area contributed by atoms with Crippen LogP contribution in [0.3, 0.4) is 0 Å². The summed E-state index contributed by atoms with van der Waals surface area (Å²) in [5, 5.41) is -0.702. The van der Waals surface area contributed by atoms with Gasteiger partial charge < -0.3 is 9.21 Å². The van der Waals surface area contributed by atoms with Crippen LogP contribution in [0.25, 0.3) is 0 Å². The lowest BCUT2D eigenvalue weighted by atomic mass is 10.1. The highest BCUT2D eigenvalue weighted by Crippen LogP contribution is 2.28. The SMILES string of the molecule is CC(=O)CCC(N1CCc2occc2C1)S(=O)(=O)c1ccccc1. The fourth-order valence-electron chi connectivity index (χ4n) is 3.14. The van der Waals surface area contributed by atoms with Crippen LogP contribution in [0.1, 0.15) is 31.1 Å². The van der Waals surface area contributed by atoms with Crippen molar-refractivity contribution in [1.29, 1.82) is 0 Å². The molecule has 1 aromatic carbocycles. The highest BCUT2D eigenvalue weighted by molar-refractivity contribution is 7.92. The van der Waals surface area contributed by atoms with Crippen LogP contribution in [-0.4, -0.2) is 31.0 Å². The lowest BCUT2D eigenvalue weighted by molar-refractivity contribution is -0.117. The third kappa shape index (κ3) is 3.44. The van der Waals surface area contributed by atoms with Gasteiger partial charge in [-0.2, -0.15) is 0 Å². The highest BCUT2D eigenvalue weighted by Gasteiger charge is 2.35. The lowest BCUT2D eigenvalue weighted by Gasteiger charge is -2.33. The molecule has 0 saturated carbocycles. The van der Waals surface area contributed by atoms with Crippen molar-refractivity contribution in [2.75, 3.05) is 6.54 Å². The molecule has 0 N–H and O–H groups in total. The van der Waals surface area contributed by atoms with Gasteiger partial charge in [0.1, 0.15) is 16.9 Å². The molecule has 1 aliphatic rings.